The Morgan fingerprint density at radius 3 is 2.27 bits per heavy atom. The van der Waals surface area contributed by atoms with E-state index in [1.807, 2.05) is 0 Å². The van der Waals surface area contributed by atoms with Crippen LogP contribution in [0.25, 0.3) is 0 Å². The van der Waals surface area contributed by atoms with Crippen LogP contribution in [-0.4, -0.2) is 39.1 Å². The van der Waals surface area contributed by atoms with E-state index in [1.54, 1.807) is 0 Å². The molecule has 0 fully saturated rings. The average molecular weight is 244 g/mol. The Labute approximate surface area is 89.7 Å². The summed E-state index contributed by atoms with van der Waals surface area (Å²) in [5.41, 5.74) is 0. The molecule has 92 valence electrons. The summed E-state index contributed by atoms with van der Waals surface area (Å²) in [5, 5.41) is 0. The van der Waals surface area contributed by atoms with Gasteiger partial charge in [0.15, 0.2) is 9.84 Å². The normalized spacial score (nSPS) is 13.5. The Morgan fingerprint density at radius 1 is 1.33 bits per heavy atom. The maximum Gasteiger partial charge on any atom is 0.273 e. The van der Waals surface area contributed by atoms with Crippen molar-refractivity contribution in [1.29, 1.82) is 0 Å². The third kappa shape index (κ3) is 6.04. The van der Waals surface area contributed by atoms with E-state index in [1.165, 1.54) is 20.8 Å². The van der Waals surface area contributed by atoms with E-state index in [0.717, 1.165) is 0 Å². The molecule has 15 heavy (non-hydrogen) atoms. The Balaban J connectivity index is 3.82. The van der Waals surface area contributed by atoms with Gasteiger partial charge in [-0.2, -0.15) is 0 Å². The molecule has 0 aromatic carbocycles. The molecule has 0 aromatic rings. The molecule has 0 aliphatic rings. The maximum atomic E-state index is 13.0. The standard InChI is InChI=1S/C9H18F2O3S/c1-4-15(12,13)6-5-14-7-9(10,11)8(2)3/h8H,4-7H2,1-3H3. The van der Waals surface area contributed by atoms with Gasteiger partial charge in [0.05, 0.1) is 12.4 Å². The number of sulfone groups is 1. The van der Waals surface area contributed by atoms with E-state index < -0.39 is 28.3 Å². The fourth-order valence-corrected chi connectivity index (χ4v) is 1.37. The van der Waals surface area contributed by atoms with Gasteiger partial charge in [0.1, 0.15) is 6.61 Å². The second-order valence-corrected chi connectivity index (χ2v) is 6.18. The van der Waals surface area contributed by atoms with Crippen LogP contribution in [0.4, 0.5) is 8.78 Å². The van der Waals surface area contributed by atoms with Crippen LogP contribution in [0.1, 0.15) is 20.8 Å². The lowest BCUT2D eigenvalue weighted by molar-refractivity contribution is -0.106. The predicted molar refractivity (Wildman–Crippen MR) is 54.9 cm³/mol. The molecule has 0 atom stereocenters. The van der Waals surface area contributed by atoms with Gasteiger partial charge in [-0.3, -0.25) is 0 Å². The van der Waals surface area contributed by atoms with Gasteiger partial charge in [0, 0.05) is 11.7 Å². The van der Waals surface area contributed by atoms with Gasteiger partial charge in [-0.15, -0.1) is 0 Å². The molecule has 3 nitrogen and oxygen atoms in total. The van der Waals surface area contributed by atoms with Gasteiger partial charge in [0.25, 0.3) is 5.92 Å². The molecule has 0 N–H and O–H groups in total. The summed E-state index contributed by atoms with van der Waals surface area (Å²) in [6.45, 7) is 3.42. The third-order valence-electron chi connectivity index (χ3n) is 2.12. The van der Waals surface area contributed by atoms with Gasteiger partial charge in [0.2, 0.25) is 0 Å². The zero-order valence-corrected chi connectivity index (χ0v) is 10.1. The lowest BCUT2D eigenvalue weighted by atomic mass is 10.1. The summed E-state index contributed by atoms with van der Waals surface area (Å²) < 4.78 is 52.6. The van der Waals surface area contributed by atoms with Crippen molar-refractivity contribution in [3.63, 3.8) is 0 Å². The van der Waals surface area contributed by atoms with Crippen LogP contribution in [0.3, 0.4) is 0 Å². The van der Waals surface area contributed by atoms with Crippen molar-refractivity contribution < 1.29 is 21.9 Å². The predicted octanol–water partition coefficient (Wildman–Crippen LogP) is 1.73. The second kappa shape index (κ2) is 5.75. The maximum absolute atomic E-state index is 13.0. The lowest BCUT2D eigenvalue weighted by Gasteiger charge is -2.19. The molecule has 0 spiro atoms. The quantitative estimate of drug-likeness (QED) is 0.641. The van der Waals surface area contributed by atoms with Gasteiger partial charge in [-0.25, -0.2) is 17.2 Å². The molecule has 0 radical (unpaired) electrons. The van der Waals surface area contributed by atoms with E-state index >= 15 is 0 Å². The van der Waals surface area contributed by atoms with Crippen molar-refractivity contribution in [2.45, 2.75) is 26.7 Å². The van der Waals surface area contributed by atoms with Crippen LogP contribution in [0, 0.1) is 5.92 Å². The fourth-order valence-electron chi connectivity index (χ4n) is 0.705. The highest BCUT2D eigenvalue weighted by Crippen LogP contribution is 2.23. The van der Waals surface area contributed by atoms with Crippen molar-refractivity contribution in [2.75, 3.05) is 24.7 Å². The van der Waals surface area contributed by atoms with Gasteiger partial charge < -0.3 is 4.74 Å². The van der Waals surface area contributed by atoms with Crippen LogP contribution in [-0.2, 0) is 14.6 Å². The minimum Gasteiger partial charge on any atom is -0.374 e. The Bertz CT molecular complexity index is 273. The SMILES string of the molecule is CCS(=O)(=O)CCOCC(F)(F)C(C)C. The van der Waals surface area contributed by atoms with Crippen LogP contribution >= 0.6 is 0 Å². The summed E-state index contributed by atoms with van der Waals surface area (Å²) in [7, 11) is -3.13. The number of alkyl halides is 2. The van der Waals surface area contributed by atoms with Gasteiger partial charge in [-0.05, 0) is 0 Å². The first-order chi connectivity index (χ1) is 6.71. The Morgan fingerprint density at radius 2 is 1.87 bits per heavy atom. The number of hydrogen-bond donors (Lipinski definition) is 0. The van der Waals surface area contributed by atoms with Crippen LogP contribution in [0.15, 0.2) is 0 Å². The third-order valence-corrected chi connectivity index (χ3v) is 3.79. The molecule has 0 rings (SSSR count). The summed E-state index contributed by atoms with van der Waals surface area (Å²) in [6, 6.07) is 0. The molecule has 0 saturated heterocycles. The average Bonchev–Trinajstić information content (AvgIpc) is 2.12. The smallest absolute Gasteiger partial charge is 0.273 e. The van der Waals surface area contributed by atoms with Gasteiger partial charge >= 0.3 is 0 Å². The highest BCUT2D eigenvalue weighted by atomic mass is 32.2. The number of hydrogen-bond acceptors (Lipinski definition) is 3. The van der Waals surface area contributed by atoms with E-state index in [2.05, 4.69) is 4.74 Å². The largest absolute Gasteiger partial charge is 0.374 e. The van der Waals surface area contributed by atoms with Gasteiger partial charge in [-0.1, -0.05) is 20.8 Å². The Kier molecular flexibility index (Phi) is 5.66. The molecule has 0 aliphatic carbocycles. The first-order valence-electron chi connectivity index (χ1n) is 4.87. The van der Waals surface area contributed by atoms with E-state index in [-0.39, 0.29) is 18.1 Å². The van der Waals surface area contributed by atoms with E-state index in [4.69, 9.17) is 0 Å². The molecule has 0 amide bonds. The summed E-state index contributed by atoms with van der Waals surface area (Å²) in [5.74, 6) is -3.88. The monoisotopic (exact) mass is 244 g/mol. The molecule has 0 aromatic heterocycles. The van der Waals surface area contributed by atoms with Crippen LogP contribution in [0.5, 0.6) is 0 Å². The molecule has 0 saturated carbocycles. The number of ether oxygens (including phenoxy) is 1. The summed E-state index contributed by atoms with van der Waals surface area (Å²) >= 11 is 0. The minimum absolute atomic E-state index is 0.0108. The molecule has 6 heteroatoms. The highest BCUT2D eigenvalue weighted by molar-refractivity contribution is 7.91. The minimum atomic E-state index is -3.13. The molecular weight excluding hydrogens is 226 g/mol. The highest BCUT2D eigenvalue weighted by Gasteiger charge is 2.33. The van der Waals surface area contributed by atoms with Crippen molar-refractivity contribution in [3.8, 4) is 0 Å². The molecule has 0 unspecified atom stereocenters. The van der Waals surface area contributed by atoms with Crippen molar-refractivity contribution >= 4 is 9.84 Å². The molecule has 0 bridgehead atoms. The second-order valence-electron chi connectivity index (χ2n) is 3.70. The first-order valence-corrected chi connectivity index (χ1v) is 6.69. The zero-order valence-electron chi connectivity index (χ0n) is 9.29. The van der Waals surface area contributed by atoms with E-state index in [9.17, 15) is 17.2 Å². The fraction of sp³-hybridized carbons (Fsp3) is 1.00. The first kappa shape index (κ1) is 14.8. The number of halogens is 2. The van der Waals surface area contributed by atoms with Crippen molar-refractivity contribution in [2.24, 2.45) is 5.92 Å². The molecular formula is C9H18F2O3S. The molecule has 0 aliphatic heterocycles. The molecule has 0 heterocycles. The number of rotatable bonds is 7. The topological polar surface area (TPSA) is 43.4 Å². The lowest BCUT2D eigenvalue weighted by Crippen LogP contribution is -2.31. The van der Waals surface area contributed by atoms with Crippen molar-refractivity contribution in [1.82, 2.24) is 0 Å². The van der Waals surface area contributed by atoms with E-state index in [0.29, 0.717) is 0 Å². The van der Waals surface area contributed by atoms with Crippen LogP contribution < -0.4 is 0 Å². The summed E-state index contributed by atoms with van der Waals surface area (Å²) in [6.07, 6.45) is 0. The van der Waals surface area contributed by atoms with Crippen LogP contribution in [0.2, 0.25) is 0 Å². The zero-order chi connectivity index (χ0) is 12.1. The van der Waals surface area contributed by atoms with Crippen molar-refractivity contribution in [3.05, 3.63) is 0 Å². The Hall–Kier alpha value is -0.230. The summed E-state index contributed by atoms with van der Waals surface area (Å²) in [4.78, 5) is 0.